The maximum Gasteiger partial charge on any atom is 0.195 e. The zero-order valence-corrected chi connectivity index (χ0v) is 15.9. The van der Waals surface area contributed by atoms with Gasteiger partial charge < -0.3 is 9.84 Å². The molecule has 136 valence electrons. The van der Waals surface area contributed by atoms with Crippen molar-refractivity contribution in [2.75, 3.05) is 6.61 Å². The standard InChI is InChI=1S/C22H20N2O2S/c1-15(2)14-26-18-10-8-17(9-11-18)21-19(13-25)24-12-20(27-22(24)23-21)16-6-4-3-5-7-16/h3-12,25H,1,13-14H2,2H3. The summed E-state index contributed by atoms with van der Waals surface area (Å²) in [5, 5.41) is 9.96. The van der Waals surface area contributed by atoms with E-state index in [0.717, 1.165) is 43.7 Å². The van der Waals surface area contributed by atoms with Gasteiger partial charge in [-0.15, -0.1) is 0 Å². The van der Waals surface area contributed by atoms with Gasteiger partial charge in [-0.2, -0.15) is 0 Å². The lowest BCUT2D eigenvalue weighted by atomic mass is 10.1. The van der Waals surface area contributed by atoms with Crippen molar-refractivity contribution in [2.24, 2.45) is 0 Å². The van der Waals surface area contributed by atoms with Crippen LogP contribution in [0.3, 0.4) is 0 Å². The molecule has 2 aromatic heterocycles. The third kappa shape index (κ3) is 3.52. The van der Waals surface area contributed by atoms with E-state index in [2.05, 4.69) is 18.7 Å². The minimum absolute atomic E-state index is 0.0740. The molecule has 2 heterocycles. The minimum atomic E-state index is -0.0740. The second-order valence-electron chi connectivity index (χ2n) is 6.45. The fourth-order valence-corrected chi connectivity index (χ4v) is 3.93. The Labute approximate surface area is 162 Å². The first-order chi connectivity index (χ1) is 13.2. The van der Waals surface area contributed by atoms with Gasteiger partial charge in [-0.1, -0.05) is 48.2 Å². The van der Waals surface area contributed by atoms with Crippen molar-refractivity contribution in [1.82, 2.24) is 9.38 Å². The molecule has 0 atom stereocenters. The molecule has 0 unspecified atom stereocenters. The number of benzene rings is 2. The molecule has 0 radical (unpaired) electrons. The van der Waals surface area contributed by atoms with Gasteiger partial charge in [-0.25, -0.2) is 4.98 Å². The average molecular weight is 376 g/mol. The third-order valence-corrected chi connectivity index (χ3v) is 5.28. The van der Waals surface area contributed by atoms with E-state index in [9.17, 15) is 5.11 Å². The van der Waals surface area contributed by atoms with Gasteiger partial charge in [0.1, 0.15) is 12.4 Å². The third-order valence-electron chi connectivity index (χ3n) is 4.25. The molecule has 27 heavy (non-hydrogen) atoms. The molecule has 0 aliphatic carbocycles. The highest BCUT2D eigenvalue weighted by molar-refractivity contribution is 7.20. The van der Waals surface area contributed by atoms with E-state index in [0.29, 0.717) is 6.61 Å². The molecule has 1 N–H and O–H groups in total. The number of aromatic nitrogens is 2. The summed E-state index contributed by atoms with van der Waals surface area (Å²) in [5.74, 6) is 0.791. The summed E-state index contributed by atoms with van der Waals surface area (Å²) in [5.41, 5.74) is 4.68. The number of fused-ring (bicyclic) bond motifs is 1. The van der Waals surface area contributed by atoms with Crippen molar-refractivity contribution in [3.63, 3.8) is 0 Å². The van der Waals surface area contributed by atoms with Crippen LogP contribution in [-0.2, 0) is 6.61 Å². The predicted octanol–water partition coefficient (Wildman–Crippen LogP) is 5.18. The van der Waals surface area contributed by atoms with Crippen LogP contribution >= 0.6 is 11.3 Å². The first-order valence-corrected chi connectivity index (χ1v) is 9.52. The van der Waals surface area contributed by atoms with Crippen LogP contribution in [-0.4, -0.2) is 21.1 Å². The quantitative estimate of drug-likeness (QED) is 0.472. The van der Waals surface area contributed by atoms with Crippen LogP contribution in [0.5, 0.6) is 5.75 Å². The van der Waals surface area contributed by atoms with Crippen LogP contribution in [0.1, 0.15) is 12.6 Å². The molecule has 0 aliphatic rings. The SMILES string of the molecule is C=C(C)COc1ccc(-c2nc3sc(-c4ccccc4)cn3c2CO)cc1. The number of aliphatic hydroxyl groups is 1. The molecule has 0 saturated heterocycles. The Bertz CT molecular complexity index is 1080. The van der Waals surface area contributed by atoms with Gasteiger partial charge in [0.15, 0.2) is 4.96 Å². The molecule has 4 aromatic rings. The second kappa shape index (κ2) is 7.39. The first kappa shape index (κ1) is 17.5. The molecule has 4 nitrogen and oxygen atoms in total. The van der Waals surface area contributed by atoms with Crippen molar-refractivity contribution < 1.29 is 9.84 Å². The summed E-state index contributed by atoms with van der Waals surface area (Å²) in [6.07, 6.45) is 2.04. The lowest BCUT2D eigenvalue weighted by Gasteiger charge is -2.07. The lowest BCUT2D eigenvalue weighted by molar-refractivity contribution is 0.276. The molecule has 0 saturated carbocycles. The lowest BCUT2D eigenvalue weighted by Crippen LogP contribution is -1.97. The highest BCUT2D eigenvalue weighted by Crippen LogP contribution is 2.33. The summed E-state index contributed by atoms with van der Waals surface area (Å²) in [4.78, 5) is 6.77. The van der Waals surface area contributed by atoms with Gasteiger partial charge in [-0.05, 0) is 42.3 Å². The highest BCUT2D eigenvalue weighted by atomic mass is 32.1. The zero-order valence-electron chi connectivity index (χ0n) is 15.1. The van der Waals surface area contributed by atoms with E-state index < -0.39 is 0 Å². The predicted molar refractivity (Wildman–Crippen MR) is 110 cm³/mol. The van der Waals surface area contributed by atoms with Crippen molar-refractivity contribution >= 4 is 16.3 Å². The van der Waals surface area contributed by atoms with Gasteiger partial charge >= 0.3 is 0 Å². The molecular formula is C22H20N2O2S. The molecular weight excluding hydrogens is 356 g/mol. The Balaban J connectivity index is 1.68. The van der Waals surface area contributed by atoms with Gasteiger partial charge in [0.2, 0.25) is 0 Å². The number of thiazole rings is 1. The molecule has 0 aliphatic heterocycles. The topological polar surface area (TPSA) is 46.8 Å². The van der Waals surface area contributed by atoms with Gasteiger partial charge in [0.05, 0.1) is 22.9 Å². The monoisotopic (exact) mass is 376 g/mol. The van der Waals surface area contributed by atoms with Crippen LogP contribution in [0.15, 0.2) is 72.9 Å². The Hall–Kier alpha value is -2.89. The Morgan fingerprint density at radius 2 is 1.85 bits per heavy atom. The molecule has 4 rings (SSSR count). The van der Waals surface area contributed by atoms with E-state index in [1.165, 1.54) is 0 Å². The number of rotatable bonds is 6. The van der Waals surface area contributed by atoms with Crippen molar-refractivity contribution in [3.8, 4) is 27.4 Å². The van der Waals surface area contributed by atoms with Gasteiger partial charge in [0, 0.05) is 11.8 Å². The van der Waals surface area contributed by atoms with E-state index >= 15 is 0 Å². The highest BCUT2D eigenvalue weighted by Gasteiger charge is 2.16. The number of hydrogen-bond acceptors (Lipinski definition) is 4. The number of imidazole rings is 1. The summed E-state index contributed by atoms with van der Waals surface area (Å²) >= 11 is 1.62. The van der Waals surface area contributed by atoms with Crippen molar-refractivity contribution in [3.05, 3.63) is 78.6 Å². The summed E-state index contributed by atoms with van der Waals surface area (Å²) in [6, 6.07) is 18.0. The largest absolute Gasteiger partial charge is 0.489 e. The smallest absolute Gasteiger partial charge is 0.195 e. The van der Waals surface area contributed by atoms with Crippen LogP contribution in [0.2, 0.25) is 0 Å². The molecule has 0 amide bonds. The van der Waals surface area contributed by atoms with Gasteiger partial charge in [-0.3, -0.25) is 4.40 Å². The van der Waals surface area contributed by atoms with Crippen LogP contribution in [0, 0.1) is 0 Å². The molecule has 0 bridgehead atoms. The number of nitrogens with zero attached hydrogens (tertiary/aromatic N) is 2. The van der Waals surface area contributed by atoms with Crippen molar-refractivity contribution in [2.45, 2.75) is 13.5 Å². The summed E-state index contributed by atoms with van der Waals surface area (Å²) in [6.45, 7) is 6.20. The molecule has 5 heteroatoms. The first-order valence-electron chi connectivity index (χ1n) is 8.70. The average Bonchev–Trinajstić information content (AvgIpc) is 3.25. The Morgan fingerprint density at radius 1 is 1.11 bits per heavy atom. The fourth-order valence-electron chi connectivity index (χ4n) is 2.92. The van der Waals surface area contributed by atoms with Gasteiger partial charge in [0.25, 0.3) is 0 Å². The maximum absolute atomic E-state index is 9.96. The molecule has 2 aromatic carbocycles. The minimum Gasteiger partial charge on any atom is -0.489 e. The fraction of sp³-hybridized carbons (Fsp3) is 0.136. The zero-order chi connectivity index (χ0) is 18.8. The summed E-state index contributed by atoms with van der Waals surface area (Å²) < 4.78 is 7.63. The molecule has 0 spiro atoms. The van der Waals surface area contributed by atoms with E-state index in [4.69, 9.17) is 9.72 Å². The summed E-state index contributed by atoms with van der Waals surface area (Å²) in [7, 11) is 0. The normalized spacial score (nSPS) is 11.0. The Morgan fingerprint density at radius 3 is 2.52 bits per heavy atom. The van der Waals surface area contributed by atoms with E-state index in [1.54, 1.807) is 11.3 Å². The van der Waals surface area contributed by atoms with Crippen molar-refractivity contribution in [1.29, 1.82) is 0 Å². The maximum atomic E-state index is 9.96. The number of aliphatic hydroxyl groups excluding tert-OH is 1. The van der Waals surface area contributed by atoms with E-state index in [1.807, 2.05) is 60.0 Å². The number of hydrogen-bond donors (Lipinski definition) is 1. The molecule has 0 fully saturated rings. The van der Waals surface area contributed by atoms with E-state index in [-0.39, 0.29) is 6.61 Å². The van der Waals surface area contributed by atoms with Crippen LogP contribution < -0.4 is 4.74 Å². The Kier molecular flexibility index (Phi) is 4.79. The van der Waals surface area contributed by atoms with Crippen LogP contribution in [0.4, 0.5) is 0 Å². The second-order valence-corrected chi connectivity index (χ2v) is 7.46. The van der Waals surface area contributed by atoms with Crippen LogP contribution in [0.25, 0.3) is 26.7 Å². The number of ether oxygens (including phenoxy) is 1.